The van der Waals surface area contributed by atoms with Crippen LogP contribution in [0.25, 0.3) is 10.9 Å². The number of hydrogen-bond donors (Lipinski definition) is 2. The molecule has 7 nitrogen and oxygen atoms in total. The van der Waals surface area contributed by atoms with Crippen LogP contribution in [0.4, 0.5) is 30.6 Å². The molecular weight excluding hydrogens is 433 g/mol. The van der Waals surface area contributed by atoms with Gasteiger partial charge in [-0.05, 0) is 12.1 Å². The lowest BCUT2D eigenvalue weighted by molar-refractivity contribution is -0.137. The molecule has 1 aromatic carbocycles. The zero-order valence-corrected chi connectivity index (χ0v) is 17.6. The Balaban J connectivity index is 1.63. The molecule has 2 radical (unpaired) electrons. The van der Waals surface area contributed by atoms with E-state index < -0.39 is 11.7 Å². The molecule has 1 aliphatic heterocycles. The van der Waals surface area contributed by atoms with E-state index in [9.17, 15) is 13.2 Å². The van der Waals surface area contributed by atoms with Gasteiger partial charge in [0.15, 0.2) is 0 Å². The molecule has 0 atom stereocenters. The summed E-state index contributed by atoms with van der Waals surface area (Å²) in [4.78, 5) is 9.80. The van der Waals surface area contributed by atoms with E-state index in [4.69, 9.17) is 16.3 Å². The summed E-state index contributed by atoms with van der Waals surface area (Å²) in [7, 11) is 3.27. The SMILES string of the molecule is CNc1nc(Nc2cc3c(cc2Cl)c([C]N2CCOCC2)cn3C)ncc1C(F)(F)F. The zero-order valence-electron chi connectivity index (χ0n) is 16.8. The standard InChI is InChI=1S/C20H20ClF3N6O/c1-25-18-14(20(22,23)24)9-26-19(28-18)27-16-8-17-13(7-15(16)21)12(10-29(17)2)11-30-3-5-31-6-4-30/h7-10H,3-6H2,1-2H3,(H2,25,26,27,28). The van der Waals surface area contributed by atoms with Crippen molar-refractivity contribution in [2.45, 2.75) is 6.18 Å². The van der Waals surface area contributed by atoms with E-state index in [-0.39, 0.29) is 11.8 Å². The van der Waals surface area contributed by atoms with Crippen molar-refractivity contribution in [3.63, 3.8) is 0 Å². The van der Waals surface area contributed by atoms with Crippen molar-refractivity contribution in [2.24, 2.45) is 7.05 Å². The van der Waals surface area contributed by atoms with Gasteiger partial charge in [-0.3, -0.25) is 4.90 Å². The number of rotatable bonds is 5. The normalized spacial score (nSPS) is 15.4. The van der Waals surface area contributed by atoms with E-state index in [0.29, 0.717) is 23.9 Å². The summed E-state index contributed by atoms with van der Waals surface area (Å²) in [5.41, 5.74) is 1.32. The van der Waals surface area contributed by atoms with Crippen molar-refractivity contribution in [2.75, 3.05) is 44.0 Å². The Labute approximate surface area is 182 Å². The van der Waals surface area contributed by atoms with Crippen LogP contribution in [0.15, 0.2) is 24.5 Å². The number of alkyl halides is 3. The number of halogens is 4. The Morgan fingerprint density at radius 1 is 1.23 bits per heavy atom. The van der Waals surface area contributed by atoms with Crippen molar-refractivity contribution in [1.82, 2.24) is 19.4 Å². The van der Waals surface area contributed by atoms with Gasteiger partial charge in [0.05, 0.1) is 36.0 Å². The number of fused-ring (bicyclic) bond motifs is 1. The molecule has 0 bridgehead atoms. The smallest absolute Gasteiger partial charge is 0.379 e. The molecule has 3 heterocycles. The summed E-state index contributed by atoms with van der Waals surface area (Å²) in [5.74, 6) is -0.322. The highest BCUT2D eigenvalue weighted by molar-refractivity contribution is 6.34. The predicted molar refractivity (Wildman–Crippen MR) is 113 cm³/mol. The average Bonchev–Trinajstić information content (AvgIpc) is 3.02. The monoisotopic (exact) mass is 452 g/mol. The summed E-state index contributed by atoms with van der Waals surface area (Å²) in [6.45, 7) is 6.25. The van der Waals surface area contributed by atoms with Crippen LogP contribution < -0.4 is 10.6 Å². The molecule has 0 saturated carbocycles. The Hall–Kier alpha value is -2.56. The van der Waals surface area contributed by atoms with Crippen molar-refractivity contribution in [1.29, 1.82) is 0 Å². The lowest BCUT2D eigenvalue weighted by atomic mass is 10.1. The Bertz CT molecular complexity index is 1090. The minimum Gasteiger partial charge on any atom is -0.379 e. The fourth-order valence-electron chi connectivity index (χ4n) is 3.39. The van der Waals surface area contributed by atoms with Gasteiger partial charge in [0.1, 0.15) is 11.4 Å². The maximum atomic E-state index is 13.1. The summed E-state index contributed by atoms with van der Waals surface area (Å²) in [6, 6.07) is 3.60. The first-order valence-corrected chi connectivity index (χ1v) is 9.91. The second-order valence-electron chi connectivity index (χ2n) is 7.04. The number of aromatic nitrogens is 3. The third-order valence-electron chi connectivity index (χ3n) is 4.95. The number of nitrogens with one attached hydrogen (secondary N) is 2. The molecule has 2 N–H and O–H groups in total. The molecule has 4 rings (SSSR count). The van der Waals surface area contributed by atoms with E-state index >= 15 is 0 Å². The second kappa shape index (κ2) is 8.52. The number of nitrogens with zero attached hydrogens (tertiary/aromatic N) is 4. The van der Waals surface area contributed by atoms with Crippen LogP contribution in [0, 0.1) is 6.54 Å². The molecule has 11 heteroatoms. The van der Waals surface area contributed by atoms with Gasteiger partial charge in [-0.1, -0.05) is 11.6 Å². The van der Waals surface area contributed by atoms with Crippen LogP contribution in [0.2, 0.25) is 5.02 Å². The van der Waals surface area contributed by atoms with E-state index in [0.717, 1.165) is 35.8 Å². The van der Waals surface area contributed by atoms with Gasteiger partial charge in [-0.25, -0.2) is 4.98 Å². The molecule has 0 spiro atoms. The van der Waals surface area contributed by atoms with Crippen LogP contribution in [0.1, 0.15) is 11.1 Å². The summed E-state index contributed by atoms with van der Waals surface area (Å²) >= 11 is 6.47. The van der Waals surface area contributed by atoms with Crippen molar-refractivity contribution in [3.8, 4) is 0 Å². The molecule has 0 amide bonds. The highest BCUT2D eigenvalue weighted by atomic mass is 35.5. The third kappa shape index (κ3) is 4.56. The lowest BCUT2D eigenvalue weighted by Gasteiger charge is -2.25. The van der Waals surface area contributed by atoms with E-state index in [1.165, 1.54) is 7.05 Å². The minimum absolute atomic E-state index is 0.000487. The van der Waals surface area contributed by atoms with Gasteiger partial charge in [0, 0.05) is 50.5 Å². The predicted octanol–water partition coefficient (Wildman–Crippen LogP) is 4.14. The number of ether oxygens (including phenoxy) is 1. The fourth-order valence-corrected chi connectivity index (χ4v) is 3.60. The van der Waals surface area contributed by atoms with Crippen LogP contribution in [0.3, 0.4) is 0 Å². The first-order chi connectivity index (χ1) is 14.8. The lowest BCUT2D eigenvalue weighted by Crippen LogP contribution is -2.34. The van der Waals surface area contributed by atoms with Gasteiger partial charge in [-0.15, -0.1) is 0 Å². The highest BCUT2D eigenvalue weighted by Gasteiger charge is 2.35. The van der Waals surface area contributed by atoms with E-state index in [1.807, 2.05) is 23.9 Å². The largest absolute Gasteiger partial charge is 0.421 e. The van der Waals surface area contributed by atoms with Crippen molar-refractivity contribution < 1.29 is 17.9 Å². The average molecular weight is 453 g/mol. The van der Waals surface area contributed by atoms with Crippen LogP contribution >= 0.6 is 11.6 Å². The van der Waals surface area contributed by atoms with Gasteiger partial charge >= 0.3 is 6.18 Å². The van der Waals surface area contributed by atoms with E-state index in [2.05, 4.69) is 32.0 Å². The molecular formula is C20H20ClF3N6O. The molecule has 0 unspecified atom stereocenters. The van der Waals surface area contributed by atoms with Crippen LogP contribution in [0.5, 0.6) is 0 Å². The van der Waals surface area contributed by atoms with Gasteiger partial charge in [-0.2, -0.15) is 18.2 Å². The van der Waals surface area contributed by atoms with Crippen LogP contribution in [-0.4, -0.2) is 52.8 Å². The summed E-state index contributed by atoms with van der Waals surface area (Å²) in [5, 5.41) is 6.67. The van der Waals surface area contributed by atoms with Gasteiger partial charge < -0.3 is 19.9 Å². The zero-order chi connectivity index (χ0) is 22.2. The molecule has 1 saturated heterocycles. The number of aryl methyl sites for hydroxylation is 1. The quantitative estimate of drug-likeness (QED) is 0.606. The number of morpholine rings is 1. The number of anilines is 3. The summed E-state index contributed by atoms with van der Waals surface area (Å²) in [6.07, 6.45) is -1.87. The number of hydrogen-bond acceptors (Lipinski definition) is 6. The van der Waals surface area contributed by atoms with Crippen molar-refractivity contribution in [3.05, 3.63) is 47.2 Å². The molecule has 31 heavy (non-hydrogen) atoms. The molecule has 3 aromatic rings. The first-order valence-electron chi connectivity index (χ1n) is 9.53. The third-order valence-corrected chi connectivity index (χ3v) is 5.26. The molecule has 164 valence electrons. The Kier molecular flexibility index (Phi) is 5.96. The van der Waals surface area contributed by atoms with E-state index in [1.54, 1.807) is 6.07 Å². The first kappa shape index (κ1) is 21.7. The molecule has 0 aliphatic carbocycles. The fraction of sp³-hybridized carbons (Fsp3) is 0.350. The maximum absolute atomic E-state index is 13.1. The summed E-state index contributed by atoms with van der Waals surface area (Å²) < 4.78 is 46.5. The molecule has 2 aromatic heterocycles. The Morgan fingerprint density at radius 2 is 1.97 bits per heavy atom. The Morgan fingerprint density at radius 3 is 2.65 bits per heavy atom. The highest BCUT2D eigenvalue weighted by Crippen LogP contribution is 2.36. The minimum atomic E-state index is -4.56. The number of benzene rings is 1. The maximum Gasteiger partial charge on any atom is 0.421 e. The van der Waals surface area contributed by atoms with Gasteiger partial charge in [0.2, 0.25) is 5.95 Å². The topological polar surface area (TPSA) is 67.2 Å². The molecule has 1 aliphatic rings. The molecule has 1 fully saturated rings. The van der Waals surface area contributed by atoms with Crippen LogP contribution in [-0.2, 0) is 18.0 Å². The van der Waals surface area contributed by atoms with Gasteiger partial charge in [0.25, 0.3) is 0 Å². The second-order valence-corrected chi connectivity index (χ2v) is 7.45. The van der Waals surface area contributed by atoms with Crippen molar-refractivity contribution >= 4 is 40.0 Å².